The molecule has 1 unspecified atom stereocenters. The van der Waals surface area contributed by atoms with Crippen LogP contribution in [0.4, 0.5) is 8.78 Å². The van der Waals surface area contributed by atoms with Crippen molar-refractivity contribution in [1.29, 1.82) is 0 Å². The number of aromatic nitrogens is 2. The highest BCUT2D eigenvalue weighted by Crippen LogP contribution is 2.34. The summed E-state index contributed by atoms with van der Waals surface area (Å²) in [7, 11) is 0. The first kappa shape index (κ1) is 10.9. The van der Waals surface area contributed by atoms with Crippen molar-refractivity contribution >= 4 is 15.9 Å². The third kappa shape index (κ3) is 1.78. The average Bonchev–Trinajstić information content (AvgIpc) is 2.78. The van der Waals surface area contributed by atoms with Crippen molar-refractivity contribution in [2.75, 3.05) is 0 Å². The Morgan fingerprint density at radius 3 is 2.94 bits per heavy atom. The first-order chi connectivity index (χ1) is 8.15. The quantitative estimate of drug-likeness (QED) is 0.788. The molecule has 1 atom stereocenters. The van der Waals surface area contributed by atoms with Crippen molar-refractivity contribution in [3.63, 3.8) is 0 Å². The number of halogens is 3. The largest absolute Gasteiger partial charge is 0.326 e. The van der Waals surface area contributed by atoms with E-state index in [0.29, 0.717) is 5.56 Å². The van der Waals surface area contributed by atoms with E-state index in [9.17, 15) is 8.78 Å². The zero-order valence-electron chi connectivity index (χ0n) is 8.83. The first-order valence-corrected chi connectivity index (χ1v) is 6.12. The lowest BCUT2D eigenvalue weighted by molar-refractivity contribution is 0.531. The van der Waals surface area contributed by atoms with E-state index in [-0.39, 0.29) is 6.04 Å². The second-order valence-electron chi connectivity index (χ2n) is 4.11. The molecule has 1 aliphatic rings. The normalized spacial score (nSPS) is 18.4. The molecule has 1 aromatic carbocycles. The van der Waals surface area contributed by atoms with Gasteiger partial charge in [0.05, 0.1) is 6.04 Å². The highest BCUT2D eigenvalue weighted by Gasteiger charge is 2.27. The molecule has 0 radical (unpaired) electrons. The van der Waals surface area contributed by atoms with Gasteiger partial charge < -0.3 is 4.57 Å². The molecule has 5 heteroatoms. The summed E-state index contributed by atoms with van der Waals surface area (Å²) in [6.45, 7) is 0. The van der Waals surface area contributed by atoms with Gasteiger partial charge in [-0.25, -0.2) is 13.8 Å². The molecule has 2 nitrogen and oxygen atoms in total. The topological polar surface area (TPSA) is 17.8 Å². The van der Waals surface area contributed by atoms with E-state index in [0.717, 1.165) is 29.3 Å². The molecule has 0 N–H and O–H groups in total. The van der Waals surface area contributed by atoms with Crippen molar-refractivity contribution in [3.05, 3.63) is 52.0 Å². The lowest BCUT2D eigenvalue weighted by Gasteiger charge is -2.14. The number of benzene rings is 1. The van der Waals surface area contributed by atoms with Crippen LogP contribution >= 0.6 is 15.9 Å². The molecule has 0 amide bonds. The van der Waals surface area contributed by atoms with Gasteiger partial charge in [-0.15, -0.1) is 0 Å². The van der Waals surface area contributed by atoms with Crippen LogP contribution in [0, 0.1) is 11.6 Å². The van der Waals surface area contributed by atoms with Crippen LogP contribution in [0.3, 0.4) is 0 Å². The number of rotatable bonds is 1. The first-order valence-electron chi connectivity index (χ1n) is 5.33. The standard InChI is InChI=1S/C12H9BrF2N2/c13-11-6-17-10(3-4-12(17)16-11)8-2-1-7(14)5-9(8)15/h1-2,5-6,10H,3-4H2. The van der Waals surface area contributed by atoms with Crippen LogP contribution < -0.4 is 0 Å². The third-order valence-electron chi connectivity index (χ3n) is 3.08. The summed E-state index contributed by atoms with van der Waals surface area (Å²) in [4.78, 5) is 4.30. The predicted molar refractivity (Wildman–Crippen MR) is 62.7 cm³/mol. The number of hydrogen-bond acceptors (Lipinski definition) is 1. The fourth-order valence-electron chi connectivity index (χ4n) is 2.34. The molecule has 17 heavy (non-hydrogen) atoms. The van der Waals surface area contributed by atoms with Crippen LogP contribution in [0.15, 0.2) is 29.0 Å². The highest BCUT2D eigenvalue weighted by atomic mass is 79.9. The molecule has 0 saturated heterocycles. The van der Waals surface area contributed by atoms with Crippen LogP contribution in [0.25, 0.3) is 0 Å². The summed E-state index contributed by atoms with van der Waals surface area (Å²) in [6.07, 6.45) is 3.46. The molecule has 1 aromatic heterocycles. The molecular weight excluding hydrogens is 290 g/mol. The van der Waals surface area contributed by atoms with Gasteiger partial charge in [-0.1, -0.05) is 6.07 Å². The molecule has 2 heterocycles. The summed E-state index contributed by atoms with van der Waals surface area (Å²) >= 11 is 3.30. The van der Waals surface area contributed by atoms with Crippen LogP contribution in [0.1, 0.15) is 23.9 Å². The lowest BCUT2D eigenvalue weighted by atomic mass is 10.0. The minimum atomic E-state index is -0.545. The van der Waals surface area contributed by atoms with Gasteiger partial charge in [0.1, 0.15) is 22.1 Å². The highest BCUT2D eigenvalue weighted by molar-refractivity contribution is 9.10. The van der Waals surface area contributed by atoms with Crippen LogP contribution in [-0.2, 0) is 6.42 Å². The Kier molecular flexibility index (Phi) is 2.50. The van der Waals surface area contributed by atoms with Crippen molar-refractivity contribution in [1.82, 2.24) is 9.55 Å². The van der Waals surface area contributed by atoms with Crippen LogP contribution in [0.5, 0.6) is 0 Å². The van der Waals surface area contributed by atoms with Gasteiger partial charge in [0.15, 0.2) is 0 Å². The van der Waals surface area contributed by atoms with Gasteiger partial charge in [-0.2, -0.15) is 0 Å². The lowest BCUT2D eigenvalue weighted by Crippen LogP contribution is -2.06. The van der Waals surface area contributed by atoms with E-state index in [1.807, 2.05) is 10.8 Å². The Morgan fingerprint density at radius 1 is 1.35 bits per heavy atom. The summed E-state index contributed by atoms with van der Waals surface area (Å²) in [5.41, 5.74) is 0.523. The maximum Gasteiger partial charge on any atom is 0.131 e. The van der Waals surface area contributed by atoms with Gasteiger partial charge in [-0.3, -0.25) is 0 Å². The Morgan fingerprint density at radius 2 is 2.18 bits per heavy atom. The maximum absolute atomic E-state index is 13.7. The molecule has 2 aromatic rings. The molecule has 0 spiro atoms. The number of hydrogen-bond donors (Lipinski definition) is 0. The van der Waals surface area contributed by atoms with Crippen molar-refractivity contribution in [2.45, 2.75) is 18.9 Å². The summed E-state index contributed by atoms with van der Waals surface area (Å²) < 4.78 is 29.3. The molecule has 0 fully saturated rings. The van der Waals surface area contributed by atoms with Crippen molar-refractivity contribution in [2.24, 2.45) is 0 Å². The summed E-state index contributed by atoms with van der Waals surface area (Å²) in [5.74, 6) is -0.102. The Hall–Kier alpha value is -1.23. The van der Waals surface area contributed by atoms with Gasteiger partial charge >= 0.3 is 0 Å². The van der Waals surface area contributed by atoms with E-state index in [1.54, 1.807) is 0 Å². The Balaban J connectivity index is 2.06. The molecule has 0 aliphatic carbocycles. The molecule has 3 rings (SSSR count). The number of imidazole rings is 1. The fraction of sp³-hybridized carbons (Fsp3) is 0.250. The Bertz CT molecular complexity index is 580. The third-order valence-corrected chi connectivity index (χ3v) is 3.46. The Labute approximate surface area is 105 Å². The van der Waals surface area contributed by atoms with E-state index >= 15 is 0 Å². The maximum atomic E-state index is 13.7. The summed E-state index contributed by atoms with van der Waals surface area (Å²) in [5, 5.41) is 0. The smallest absolute Gasteiger partial charge is 0.131 e. The van der Waals surface area contributed by atoms with E-state index in [1.165, 1.54) is 12.1 Å². The zero-order chi connectivity index (χ0) is 12.0. The minimum Gasteiger partial charge on any atom is -0.326 e. The SMILES string of the molecule is Fc1ccc(C2CCc3nc(Br)cn32)c(F)c1. The van der Waals surface area contributed by atoms with Crippen molar-refractivity contribution in [3.8, 4) is 0 Å². The van der Waals surface area contributed by atoms with Crippen LogP contribution in [-0.4, -0.2) is 9.55 Å². The van der Waals surface area contributed by atoms with E-state index < -0.39 is 11.6 Å². The number of nitrogens with zero attached hydrogens (tertiary/aromatic N) is 2. The molecular formula is C12H9BrF2N2. The summed E-state index contributed by atoms with van der Waals surface area (Å²) in [6, 6.07) is 3.66. The van der Waals surface area contributed by atoms with Crippen molar-refractivity contribution < 1.29 is 8.78 Å². The van der Waals surface area contributed by atoms with Gasteiger partial charge in [0, 0.05) is 24.2 Å². The van der Waals surface area contributed by atoms with Crippen LogP contribution in [0.2, 0.25) is 0 Å². The van der Waals surface area contributed by atoms with Gasteiger partial charge in [0.2, 0.25) is 0 Å². The average molecular weight is 299 g/mol. The van der Waals surface area contributed by atoms with E-state index in [4.69, 9.17) is 0 Å². The zero-order valence-corrected chi connectivity index (χ0v) is 10.4. The van der Waals surface area contributed by atoms with Gasteiger partial charge in [-0.05, 0) is 28.4 Å². The molecule has 1 aliphatic heterocycles. The second-order valence-corrected chi connectivity index (χ2v) is 4.92. The fourth-order valence-corrected chi connectivity index (χ4v) is 2.76. The molecule has 88 valence electrons. The number of aryl methyl sites for hydroxylation is 1. The predicted octanol–water partition coefficient (Wildman–Crippen LogP) is 3.46. The second kappa shape index (κ2) is 3.91. The van der Waals surface area contributed by atoms with Gasteiger partial charge in [0.25, 0.3) is 0 Å². The number of fused-ring (bicyclic) bond motifs is 1. The molecule has 0 bridgehead atoms. The van der Waals surface area contributed by atoms with E-state index in [2.05, 4.69) is 20.9 Å². The minimum absolute atomic E-state index is 0.0793. The monoisotopic (exact) mass is 298 g/mol. The molecule has 0 saturated carbocycles.